The Labute approximate surface area is 165 Å². The lowest BCUT2D eigenvalue weighted by Crippen LogP contribution is -2.05. The van der Waals surface area contributed by atoms with Gasteiger partial charge in [-0.15, -0.1) is 0 Å². The predicted octanol–water partition coefficient (Wildman–Crippen LogP) is 5.82. The quantitative estimate of drug-likeness (QED) is 0.430. The normalized spacial score (nSPS) is 15.0. The van der Waals surface area contributed by atoms with E-state index in [9.17, 15) is 4.79 Å². The summed E-state index contributed by atoms with van der Waals surface area (Å²) >= 11 is 0. The summed E-state index contributed by atoms with van der Waals surface area (Å²) in [4.78, 5) is 16.6. The van der Waals surface area contributed by atoms with Crippen molar-refractivity contribution in [2.24, 2.45) is 4.99 Å². The summed E-state index contributed by atoms with van der Waals surface area (Å²) in [5.41, 5.74) is 5.55. The fourth-order valence-electron chi connectivity index (χ4n) is 3.10. The minimum atomic E-state index is -0.421. The molecular formula is C25H21NO2. The zero-order chi connectivity index (χ0) is 19.5. The molecule has 3 heteroatoms. The highest BCUT2D eigenvalue weighted by molar-refractivity contribution is 6.12. The smallest absolute Gasteiger partial charge is 0.363 e. The Bertz CT molecular complexity index is 1040. The Balaban J connectivity index is 1.57. The summed E-state index contributed by atoms with van der Waals surface area (Å²) in [7, 11) is 0. The first-order chi connectivity index (χ1) is 13.6. The second-order valence-electron chi connectivity index (χ2n) is 7.10. The summed E-state index contributed by atoms with van der Waals surface area (Å²) in [6.45, 7) is 4.31. The van der Waals surface area contributed by atoms with E-state index in [4.69, 9.17) is 4.74 Å². The van der Waals surface area contributed by atoms with E-state index in [2.05, 4.69) is 43.1 Å². The Kier molecular flexibility index (Phi) is 4.90. The van der Waals surface area contributed by atoms with Gasteiger partial charge in [-0.3, -0.25) is 0 Å². The molecule has 0 radical (unpaired) electrons. The van der Waals surface area contributed by atoms with Crippen molar-refractivity contribution in [3.8, 4) is 11.1 Å². The molecule has 0 atom stereocenters. The first-order valence-electron chi connectivity index (χ1n) is 9.38. The first-order valence-corrected chi connectivity index (χ1v) is 9.38. The van der Waals surface area contributed by atoms with Crippen molar-refractivity contribution in [1.29, 1.82) is 0 Å². The van der Waals surface area contributed by atoms with E-state index >= 15 is 0 Å². The molecular weight excluding hydrogens is 346 g/mol. The standard InChI is InChI=1S/C25H21NO2/c1-17(2)19-10-8-18(9-11-19)16-23-25(27)28-24(26-23)22-14-12-21(13-15-22)20-6-4-3-5-7-20/h3-17H,1-2H3. The van der Waals surface area contributed by atoms with E-state index in [1.54, 1.807) is 6.08 Å². The van der Waals surface area contributed by atoms with Crippen LogP contribution < -0.4 is 0 Å². The Morgan fingerprint density at radius 1 is 0.786 bits per heavy atom. The van der Waals surface area contributed by atoms with Gasteiger partial charge in [0.15, 0.2) is 5.70 Å². The number of hydrogen-bond donors (Lipinski definition) is 0. The van der Waals surface area contributed by atoms with E-state index in [0.717, 1.165) is 22.3 Å². The number of carbonyl (C=O) groups is 1. The van der Waals surface area contributed by atoms with Gasteiger partial charge in [0.25, 0.3) is 0 Å². The number of carbonyl (C=O) groups excluding carboxylic acids is 1. The summed E-state index contributed by atoms with van der Waals surface area (Å²) in [5, 5.41) is 0. The molecule has 1 aliphatic heterocycles. The molecule has 0 aliphatic carbocycles. The van der Waals surface area contributed by atoms with Crippen LogP contribution in [-0.4, -0.2) is 11.9 Å². The number of nitrogens with zero attached hydrogens (tertiary/aromatic N) is 1. The van der Waals surface area contributed by atoms with Crippen molar-refractivity contribution in [2.75, 3.05) is 0 Å². The molecule has 0 amide bonds. The second kappa shape index (κ2) is 7.65. The van der Waals surface area contributed by atoms with Gasteiger partial charge in [0.1, 0.15) is 0 Å². The van der Waals surface area contributed by atoms with Crippen LogP contribution in [0.3, 0.4) is 0 Å². The minimum absolute atomic E-state index is 0.319. The molecule has 4 rings (SSSR count). The van der Waals surface area contributed by atoms with Crippen molar-refractivity contribution < 1.29 is 9.53 Å². The summed E-state index contributed by atoms with van der Waals surface area (Å²) < 4.78 is 5.38. The molecule has 3 aromatic carbocycles. The Hall–Kier alpha value is -3.46. The molecule has 1 aliphatic rings. The van der Waals surface area contributed by atoms with Gasteiger partial charge in [-0.25, -0.2) is 9.79 Å². The number of hydrogen-bond acceptors (Lipinski definition) is 3. The summed E-state index contributed by atoms with van der Waals surface area (Å²) in [5.74, 6) is 0.395. The van der Waals surface area contributed by atoms with Gasteiger partial charge in [0, 0.05) is 5.56 Å². The number of benzene rings is 3. The van der Waals surface area contributed by atoms with Gasteiger partial charge < -0.3 is 4.74 Å². The van der Waals surface area contributed by atoms with Crippen molar-refractivity contribution in [2.45, 2.75) is 19.8 Å². The Morgan fingerprint density at radius 2 is 1.39 bits per heavy atom. The first kappa shape index (κ1) is 17.9. The van der Waals surface area contributed by atoms with Gasteiger partial charge in [0.05, 0.1) is 0 Å². The second-order valence-corrected chi connectivity index (χ2v) is 7.10. The molecule has 0 aromatic heterocycles. The molecule has 0 saturated heterocycles. The van der Waals surface area contributed by atoms with Crippen LogP contribution in [0.5, 0.6) is 0 Å². The molecule has 28 heavy (non-hydrogen) atoms. The van der Waals surface area contributed by atoms with Gasteiger partial charge in [-0.1, -0.05) is 80.6 Å². The zero-order valence-electron chi connectivity index (χ0n) is 15.9. The van der Waals surface area contributed by atoms with E-state index < -0.39 is 5.97 Å². The van der Waals surface area contributed by atoms with Crippen molar-refractivity contribution in [3.63, 3.8) is 0 Å². The molecule has 3 aromatic rings. The molecule has 0 unspecified atom stereocenters. The number of aliphatic imine (C=N–C) groups is 1. The third kappa shape index (κ3) is 3.79. The zero-order valence-corrected chi connectivity index (χ0v) is 15.9. The fourth-order valence-corrected chi connectivity index (χ4v) is 3.10. The summed E-state index contributed by atoms with van der Waals surface area (Å²) in [6, 6.07) is 26.2. The van der Waals surface area contributed by atoms with E-state index in [-0.39, 0.29) is 0 Å². The molecule has 0 N–H and O–H groups in total. The van der Waals surface area contributed by atoms with Crippen LogP contribution in [0.25, 0.3) is 17.2 Å². The highest BCUT2D eigenvalue weighted by Crippen LogP contribution is 2.23. The molecule has 0 bridgehead atoms. The maximum absolute atomic E-state index is 12.2. The SMILES string of the molecule is CC(C)c1ccc(C=C2N=C(c3ccc(-c4ccccc4)cc3)OC2=O)cc1. The predicted molar refractivity (Wildman–Crippen MR) is 113 cm³/mol. The van der Waals surface area contributed by atoms with E-state index in [1.807, 2.05) is 54.6 Å². The van der Waals surface area contributed by atoms with Crippen LogP contribution >= 0.6 is 0 Å². The number of cyclic esters (lactones) is 1. The van der Waals surface area contributed by atoms with Crippen LogP contribution in [0, 0.1) is 0 Å². The molecule has 0 saturated carbocycles. The highest BCUT2D eigenvalue weighted by atomic mass is 16.6. The maximum Gasteiger partial charge on any atom is 0.363 e. The molecule has 138 valence electrons. The number of rotatable bonds is 4. The van der Waals surface area contributed by atoms with Crippen LogP contribution in [0.15, 0.2) is 89.6 Å². The number of ether oxygens (including phenoxy) is 1. The van der Waals surface area contributed by atoms with Gasteiger partial charge in [-0.2, -0.15) is 0 Å². The van der Waals surface area contributed by atoms with Gasteiger partial charge in [0.2, 0.25) is 5.90 Å². The fraction of sp³-hybridized carbons (Fsp3) is 0.120. The molecule has 0 spiro atoms. The monoisotopic (exact) mass is 367 g/mol. The minimum Gasteiger partial charge on any atom is -0.402 e. The average molecular weight is 367 g/mol. The van der Waals surface area contributed by atoms with Crippen molar-refractivity contribution in [1.82, 2.24) is 0 Å². The third-order valence-corrected chi connectivity index (χ3v) is 4.77. The summed E-state index contributed by atoms with van der Waals surface area (Å²) in [6.07, 6.45) is 1.76. The third-order valence-electron chi connectivity index (χ3n) is 4.77. The van der Waals surface area contributed by atoms with Gasteiger partial charge in [-0.05, 0) is 46.4 Å². The van der Waals surface area contributed by atoms with Crippen LogP contribution in [0.2, 0.25) is 0 Å². The molecule has 1 heterocycles. The number of esters is 1. The lowest BCUT2D eigenvalue weighted by molar-refractivity contribution is -0.129. The highest BCUT2D eigenvalue weighted by Gasteiger charge is 2.24. The largest absolute Gasteiger partial charge is 0.402 e. The molecule has 3 nitrogen and oxygen atoms in total. The van der Waals surface area contributed by atoms with E-state index in [0.29, 0.717) is 17.5 Å². The van der Waals surface area contributed by atoms with Crippen molar-refractivity contribution >= 4 is 17.9 Å². The molecule has 0 fully saturated rings. The van der Waals surface area contributed by atoms with Crippen LogP contribution in [0.1, 0.15) is 36.5 Å². The van der Waals surface area contributed by atoms with E-state index in [1.165, 1.54) is 5.56 Å². The van der Waals surface area contributed by atoms with Crippen LogP contribution in [0.4, 0.5) is 0 Å². The van der Waals surface area contributed by atoms with Crippen LogP contribution in [-0.2, 0) is 9.53 Å². The lowest BCUT2D eigenvalue weighted by Gasteiger charge is -2.04. The average Bonchev–Trinajstić information content (AvgIpc) is 3.09. The van der Waals surface area contributed by atoms with Crippen molar-refractivity contribution in [3.05, 3.63) is 101 Å². The van der Waals surface area contributed by atoms with Gasteiger partial charge >= 0.3 is 5.97 Å². The topological polar surface area (TPSA) is 38.7 Å². The lowest BCUT2D eigenvalue weighted by atomic mass is 10.0. The maximum atomic E-state index is 12.2. The Morgan fingerprint density at radius 3 is 2.04 bits per heavy atom.